The van der Waals surface area contributed by atoms with Gasteiger partial charge in [-0.25, -0.2) is 9.18 Å². The summed E-state index contributed by atoms with van der Waals surface area (Å²) in [6.45, 7) is 0.775. The number of nitrogens with zero attached hydrogens (tertiary/aromatic N) is 5. The van der Waals surface area contributed by atoms with Gasteiger partial charge in [0.2, 0.25) is 0 Å². The third-order valence-electron chi connectivity index (χ3n) is 5.53. The number of rotatable bonds is 6. The Morgan fingerprint density at radius 2 is 1.84 bits per heavy atom. The van der Waals surface area contributed by atoms with Crippen LogP contribution in [0.1, 0.15) is 34.8 Å². The first-order valence-electron chi connectivity index (χ1n) is 10.2. The summed E-state index contributed by atoms with van der Waals surface area (Å²) in [5, 5.41) is 12.2. The first-order valence-corrected chi connectivity index (χ1v) is 10.6. The molecule has 0 bridgehead atoms. The van der Waals surface area contributed by atoms with E-state index in [1.165, 1.54) is 35.4 Å². The molecule has 1 aromatic heterocycles. The molecule has 3 aromatic rings. The molecule has 2 aromatic carbocycles. The molecule has 1 atom stereocenters. The van der Waals surface area contributed by atoms with Gasteiger partial charge in [0.25, 0.3) is 0 Å². The molecule has 1 aliphatic rings. The maximum Gasteiger partial charge on any atom is 0.409 e. The number of Topliss-reactive ketones (excluding diaryl/α,β-unsaturated/α-hetero) is 1. The Hall–Kier alpha value is -3.33. The summed E-state index contributed by atoms with van der Waals surface area (Å²) < 4.78 is 18.6. The number of ether oxygens (including phenoxy) is 1. The second-order valence-corrected chi connectivity index (χ2v) is 7.91. The molecule has 166 valence electrons. The number of carbonyl (C=O) groups excluding carboxylic acids is 2. The Bertz CT molecular complexity index is 1070. The number of hydrogen-bond acceptors (Lipinski definition) is 6. The largest absolute Gasteiger partial charge is 0.447 e. The lowest BCUT2D eigenvalue weighted by Crippen LogP contribution is -2.41. The zero-order valence-corrected chi connectivity index (χ0v) is 17.9. The topological polar surface area (TPSA) is 90.2 Å². The lowest BCUT2D eigenvalue weighted by atomic mass is 9.89. The third kappa shape index (κ3) is 4.94. The minimum Gasteiger partial charge on any atom is -0.447 e. The highest BCUT2D eigenvalue weighted by atomic mass is 35.5. The van der Waals surface area contributed by atoms with E-state index in [2.05, 4.69) is 15.4 Å². The predicted molar refractivity (Wildman–Crippen MR) is 114 cm³/mol. The van der Waals surface area contributed by atoms with Gasteiger partial charge in [0, 0.05) is 35.2 Å². The maximum absolute atomic E-state index is 13.1. The predicted octanol–water partition coefficient (Wildman–Crippen LogP) is 3.79. The van der Waals surface area contributed by atoms with Crippen LogP contribution in [0.2, 0.25) is 5.02 Å². The Morgan fingerprint density at radius 1 is 1.12 bits per heavy atom. The van der Waals surface area contributed by atoms with E-state index >= 15 is 0 Å². The summed E-state index contributed by atoms with van der Waals surface area (Å²) in [5.74, 6) is -0.621. The minimum absolute atomic E-state index is 0.0205. The van der Waals surface area contributed by atoms with Gasteiger partial charge < -0.3 is 9.64 Å². The minimum atomic E-state index is -0.521. The number of carbonyl (C=O) groups is 2. The number of tetrazole rings is 1. The Balaban J connectivity index is 1.34. The second-order valence-electron chi connectivity index (χ2n) is 7.50. The Morgan fingerprint density at radius 3 is 2.50 bits per heavy atom. The summed E-state index contributed by atoms with van der Waals surface area (Å²) in [6, 6.07) is 12.2. The van der Waals surface area contributed by atoms with Crippen LogP contribution in [0.4, 0.5) is 9.18 Å². The monoisotopic (exact) mass is 457 g/mol. The van der Waals surface area contributed by atoms with Gasteiger partial charge in [-0.1, -0.05) is 29.8 Å². The fraction of sp³-hybridized carbons (Fsp3) is 0.318. The number of piperidine rings is 1. The van der Waals surface area contributed by atoms with E-state index in [-0.39, 0.29) is 24.1 Å². The lowest BCUT2D eigenvalue weighted by molar-refractivity contribution is 0.0689. The van der Waals surface area contributed by atoms with Crippen molar-refractivity contribution in [1.82, 2.24) is 25.1 Å². The molecule has 0 N–H and O–H groups in total. The molecular formula is C22H21ClFN5O3. The van der Waals surface area contributed by atoms with Crippen molar-refractivity contribution in [2.45, 2.75) is 18.9 Å². The van der Waals surface area contributed by atoms with Gasteiger partial charge >= 0.3 is 6.09 Å². The molecule has 0 saturated carbocycles. The van der Waals surface area contributed by atoms with Crippen LogP contribution in [0.15, 0.2) is 54.9 Å². The molecule has 1 amide bonds. The van der Waals surface area contributed by atoms with Gasteiger partial charge in [0.1, 0.15) is 18.5 Å². The molecule has 0 radical (unpaired) electrons. The summed E-state index contributed by atoms with van der Waals surface area (Å²) in [6.07, 6.45) is 1.86. The van der Waals surface area contributed by atoms with Gasteiger partial charge in [-0.15, -0.1) is 10.2 Å². The number of aromatic nitrogens is 4. The average Bonchev–Trinajstić information content (AvgIpc) is 3.35. The average molecular weight is 458 g/mol. The fourth-order valence-corrected chi connectivity index (χ4v) is 4.02. The third-order valence-corrected chi connectivity index (χ3v) is 5.87. The molecule has 0 aliphatic carbocycles. The van der Waals surface area contributed by atoms with Crippen molar-refractivity contribution in [2.24, 2.45) is 5.92 Å². The van der Waals surface area contributed by atoms with E-state index in [1.54, 1.807) is 17.0 Å². The second kappa shape index (κ2) is 9.86. The summed E-state index contributed by atoms with van der Waals surface area (Å²) in [5.41, 5.74) is 1.19. The maximum atomic E-state index is 13.1. The number of halogens is 2. The summed E-state index contributed by atoms with van der Waals surface area (Å²) in [4.78, 5) is 28.2. The van der Waals surface area contributed by atoms with Crippen LogP contribution in [-0.4, -0.2) is 56.7 Å². The lowest BCUT2D eigenvalue weighted by Gasteiger charge is -2.31. The number of benzene rings is 2. The van der Waals surface area contributed by atoms with Crippen LogP contribution in [0.3, 0.4) is 0 Å². The highest BCUT2D eigenvalue weighted by Gasteiger charge is 2.29. The fourth-order valence-electron chi connectivity index (χ4n) is 3.76. The molecule has 1 saturated heterocycles. The van der Waals surface area contributed by atoms with Crippen molar-refractivity contribution in [3.8, 4) is 0 Å². The van der Waals surface area contributed by atoms with Crippen molar-refractivity contribution >= 4 is 23.5 Å². The number of ketones is 1. The molecule has 1 fully saturated rings. The van der Waals surface area contributed by atoms with Crippen molar-refractivity contribution in [1.29, 1.82) is 0 Å². The van der Waals surface area contributed by atoms with Gasteiger partial charge in [0.15, 0.2) is 12.1 Å². The number of hydrogen-bond donors (Lipinski definition) is 0. The van der Waals surface area contributed by atoms with E-state index in [1.807, 2.05) is 12.1 Å². The van der Waals surface area contributed by atoms with Crippen molar-refractivity contribution in [3.63, 3.8) is 0 Å². The number of likely N-dealkylation sites (tertiary alicyclic amines) is 1. The van der Waals surface area contributed by atoms with Crippen LogP contribution in [0.25, 0.3) is 0 Å². The first-order chi connectivity index (χ1) is 15.5. The van der Waals surface area contributed by atoms with Gasteiger partial charge in [-0.3, -0.25) is 4.79 Å². The van der Waals surface area contributed by atoms with Gasteiger partial charge in [-0.05, 0) is 48.4 Å². The summed E-state index contributed by atoms with van der Waals surface area (Å²) in [7, 11) is 0. The van der Waals surface area contributed by atoms with Crippen molar-refractivity contribution in [3.05, 3.63) is 76.8 Å². The molecule has 2 heterocycles. The molecule has 10 heteroatoms. The smallest absolute Gasteiger partial charge is 0.409 e. The van der Waals surface area contributed by atoms with E-state index in [9.17, 15) is 14.0 Å². The van der Waals surface area contributed by atoms with Crippen molar-refractivity contribution in [2.75, 3.05) is 19.7 Å². The molecule has 1 aliphatic heterocycles. The van der Waals surface area contributed by atoms with Crippen LogP contribution in [-0.2, 0) is 4.74 Å². The van der Waals surface area contributed by atoms with E-state index in [0.717, 1.165) is 0 Å². The number of amides is 1. The Kier molecular flexibility index (Phi) is 6.75. The van der Waals surface area contributed by atoms with Crippen molar-refractivity contribution < 1.29 is 18.7 Å². The normalized spacial score (nSPS) is 15.4. The molecule has 32 heavy (non-hydrogen) atoms. The molecule has 1 unspecified atom stereocenters. The first kappa shape index (κ1) is 21.9. The van der Waals surface area contributed by atoms with Crippen LogP contribution in [0.5, 0.6) is 0 Å². The van der Waals surface area contributed by atoms with E-state index < -0.39 is 12.1 Å². The van der Waals surface area contributed by atoms with E-state index in [4.69, 9.17) is 16.3 Å². The molecule has 8 nitrogen and oxygen atoms in total. The van der Waals surface area contributed by atoms with Crippen LogP contribution in [0, 0.1) is 11.7 Å². The highest BCUT2D eigenvalue weighted by molar-refractivity contribution is 6.31. The Labute approximate surface area is 188 Å². The molecular weight excluding hydrogens is 437 g/mol. The zero-order chi connectivity index (χ0) is 22.5. The SMILES string of the molecule is O=C(c1ccc(F)cc1)C1CCN(C(=O)OCC(c2ccccc2Cl)n2ncnn2)CC1. The van der Waals surface area contributed by atoms with E-state index in [0.29, 0.717) is 42.1 Å². The van der Waals surface area contributed by atoms with Gasteiger partial charge in [-0.2, -0.15) is 4.80 Å². The molecule has 0 spiro atoms. The van der Waals surface area contributed by atoms with Gasteiger partial charge in [0.05, 0.1) is 0 Å². The van der Waals surface area contributed by atoms with Crippen LogP contribution >= 0.6 is 11.6 Å². The zero-order valence-electron chi connectivity index (χ0n) is 17.1. The standard InChI is InChI=1S/C22H21ClFN5O3/c23-19-4-2-1-3-18(19)20(29-26-14-25-27-29)13-32-22(31)28-11-9-16(10-12-28)21(30)15-5-7-17(24)8-6-15/h1-8,14,16,20H,9-13H2. The molecule has 4 rings (SSSR count). The van der Waals surface area contributed by atoms with Crippen LogP contribution < -0.4 is 0 Å². The highest BCUT2D eigenvalue weighted by Crippen LogP contribution is 2.26. The summed E-state index contributed by atoms with van der Waals surface area (Å²) >= 11 is 6.31. The quantitative estimate of drug-likeness (QED) is 0.523.